The largest absolute Gasteiger partial charge is 0.493 e. The molecule has 0 unspecified atom stereocenters. The van der Waals surface area contributed by atoms with Gasteiger partial charge in [0.05, 0.1) is 26.5 Å². The van der Waals surface area contributed by atoms with Crippen molar-refractivity contribution in [1.82, 2.24) is 9.78 Å². The second-order valence-electron chi connectivity index (χ2n) is 6.23. The van der Waals surface area contributed by atoms with E-state index in [1.807, 2.05) is 43.3 Å². The summed E-state index contributed by atoms with van der Waals surface area (Å²) >= 11 is 5.93. The van der Waals surface area contributed by atoms with Crippen LogP contribution < -0.4 is 15.0 Å². The van der Waals surface area contributed by atoms with Crippen molar-refractivity contribution in [2.75, 3.05) is 14.2 Å². The lowest BCUT2D eigenvalue weighted by Gasteiger charge is -2.13. The molecule has 0 N–H and O–H groups in total. The van der Waals surface area contributed by atoms with Crippen LogP contribution in [0.25, 0.3) is 0 Å². The van der Waals surface area contributed by atoms with Crippen LogP contribution in [-0.4, -0.2) is 24.0 Å². The fraction of sp³-hybridized carbons (Fsp3) is 0.238. The summed E-state index contributed by atoms with van der Waals surface area (Å²) in [6.45, 7) is 2.27. The average molecular weight is 385 g/mol. The Morgan fingerprint density at radius 2 is 1.78 bits per heavy atom. The zero-order chi connectivity index (χ0) is 19.4. The molecule has 3 rings (SSSR count). The van der Waals surface area contributed by atoms with Crippen molar-refractivity contribution in [2.45, 2.75) is 19.9 Å². The van der Waals surface area contributed by atoms with Crippen LogP contribution >= 0.6 is 11.6 Å². The van der Waals surface area contributed by atoms with E-state index < -0.39 is 0 Å². The summed E-state index contributed by atoms with van der Waals surface area (Å²) in [5, 5.41) is 5.05. The molecule has 5 nitrogen and oxygen atoms in total. The third-order valence-electron chi connectivity index (χ3n) is 4.28. The van der Waals surface area contributed by atoms with Gasteiger partial charge in [0.25, 0.3) is 5.56 Å². The highest BCUT2D eigenvalue weighted by molar-refractivity contribution is 6.30. The first-order chi connectivity index (χ1) is 13.0. The van der Waals surface area contributed by atoms with Gasteiger partial charge in [0.1, 0.15) is 0 Å². The lowest BCUT2D eigenvalue weighted by molar-refractivity contribution is 0.352. The number of hydrogen-bond donors (Lipinski definition) is 0. The first kappa shape index (κ1) is 19.0. The lowest BCUT2D eigenvalue weighted by Crippen LogP contribution is -2.27. The van der Waals surface area contributed by atoms with Crippen molar-refractivity contribution in [2.24, 2.45) is 0 Å². The molecule has 6 heteroatoms. The Hall–Kier alpha value is -2.79. The van der Waals surface area contributed by atoms with Crippen LogP contribution in [0.2, 0.25) is 5.02 Å². The maximum Gasteiger partial charge on any atom is 0.270 e. The number of aryl methyl sites for hydroxylation is 1. The Labute approximate surface area is 163 Å². The van der Waals surface area contributed by atoms with E-state index in [-0.39, 0.29) is 5.56 Å². The summed E-state index contributed by atoms with van der Waals surface area (Å²) in [5.74, 6) is 1.28. The summed E-state index contributed by atoms with van der Waals surface area (Å²) in [7, 11) is 3.19. The fourth-order valence-corrected chi connectivity index (χ4v) is 3.16. The number of benzene rings is 2. The van der Waals surface area contributed by atoms with Crippen LogP contribution in [0, 0.1) is 6.92 Å². The van der Waals surface area contributed by atoms with Gasteiger partial charge in [0.2, 0.25) is 0 Å². The Kier molecular flexibility index (Phi) is 5.81. The maximum atomic E-state index is 13.0. The van der Waals surface area contributed by atoms with Crippen LogP contribution in [0.5, 0.6) is 11.5 Å². The predicted molar refractivity (Wildman–Crippen MR) is 106 cm³/mol. The van der Waals surface area contributed by atoms with E-state index in [1.165, 1.54) is 4.68 Å². The third-order valence-corrected chi connectivity index (χ3v) is 4.53. The molecule has 3 aromatic rings. The maximum absolute atomic E-state index is 13.0. The molecule has 0 amide bonds. The molecule has 1 heterocycles. The SMILES string of the molecule is COc1cccc(Cc2cc(C)nn(Cc3ccc(Cl)cc3)c2=O)c1OC. The van der Waals surface area contributed by atoms with E-state index in [2.05, 4.69) is 5.10 Å². The molecule has 0 atom stereocenters. The van der Waals surface area contributed by atoms with Gasteiger partial charge in [-0.15, -0.1) is 0 Å². The van der Waals surface area contributed by atoms with Crippen molar-refractivity contribution in [3.05, 3.63) is 86.3 Å². The number of ether oxygens (including phenoxy) is 2. The molecule has 0 bridgehead atoms. The van der Waals surface area contributed by atoms with Crippen LogP contribution in [0.15, 0.2) is 53.3 Å². The van der Waals surface area contributed by atoms with E-state index >= 15 is 0 Å². The highest BCUT2D eigenvalue weighted by atomic mass is 35.5. The Morgan fingerprint density at radius 3 is 2.44 bits per heavy atom. The number of halogens is 1. The fourth-order valence-electron chi connectivity index (χ4n) is 3.04. The molecule has 0 radical (unpaired) electrons. The van der Waals surface area contributed by atoms with Crippen molar-refractivity contribution >= 4 is 11.6 Å². The van der Waals surface area contributed by atoms with Gasteiger partial charge in [0, 0.05) is 22.6 Å². The molecular formula is C21H21ClN2O3. The minimum absolute atomic E-state index is 0.125. The van der Waals surface area contributed by atoms with Gasteiger partial charge in [-0.3, -0.25) is 4.79 Å². The molecule has 0 saturated carbocycles. The predicted octanol–water partition coefficient (Wildman–Crippen LogP) is 3.86. The van der Waals surface area contributed by atoms with E-state index in [9.17, 15) is 4.79 Å². The summed E-state index contributed by atoms with van der Waals surface area (Å²) in [4.78, 5) is 13.0. The Morgan fingerprint density at radius 1 is 1.04 bits per heavy atom. The van der Waals surface area contributed by atoms with Crippen LogP contribution in [-0.2, 0) is 13.0 Å². The molecule has 0 aliphatic carbocycles. The molecule has 0 spiro atoms. The molecule has 27 heavy (non-hydrogen) atoms. The van der Waals surface area contributed by atoms with Gasteiger partial charge in [-0.1, -0.05) is 35.9 Å². The van der Waals surface area contributed by atoms with Crippen molar-refractivity contribution in [3.63, 3.8) is 0 Å². The zero-order valence-electron chi connectivity index (χ0n) is 15.5. The van der Waals surface area contributed by atoms with Gasteiger partial charge in [-0.25, -0.2) is 4.68 Å². The van der Waals surface area contributed by atoms with Gasteiger partial charge in [-0.05, 0) is 36.8 Å². The van der Waals surface area contributed by atoms with Gasteiger partial charge in [-0.2, -0.15) is 5.10 Å². The number of nitrogens with zero attached hydrogens (tertiary/aromatic N) is 2. The number of hydrogen-bond acceptors (Lipinski definition) is 4. The van der Waals surface area contributed by atoms with Gasteiger partial charge < -0.3 is 9.47 Å². The second kappa shape index (κ2) is 8.27. The molecule has 140 valence electrons. The van der Waals surface area contributed by atoms with Crippen molar-refractivity contribution in [3.8, 4) is 11.5 Å². The normalized spacial score (nSPS) is 10.7. The van der Waals surface area contributed by atoms with E-state index in [0.717, 1.165) is 16.8 Å². The van der Waals surface area contributed by atoms with E-state index in [4.69, 9.17) is 21.1 Å². The monoisotopic (exact) mass is 384 g/mol. The molecule has 0 fully saturated rings. The van der Waals surface area contributed by atoms with Crippen molar-refractivity contribution in [1.29, 1.82) is 0 Å². The minimum atomic E-state index is -0.125. The summed E-state index contributed by atoms with van der Waals surface area (Å²) in [6, 6.07) is 14.9. The highest BCUT2D eigenvalue weighted by Crippen LogP contribution is 2.31. The standard InChI is InChI=1S/C21H21ClN2O3/c1-14-11-17(12-16-5-4-6-19(26-2)20(16)27-3)21(25)24(23-14)13-15-7-9-18(22)10-8-15/h4-11H,12-13H2,1-3H3. The molecule has 0 saturated heterocycles. The van der Waals surface area contributed by atoms with Crippen LogP contribution in [0.3, 0.4) is 0 Å². The average Bonchev–Trinajstić information content (AvgIpc) is 2.67. The number of aromatic nitrogens is 2. The molecule has 1 aromatic heterocycles. The Bertz CT molecular complexity index is 997. The number of rotatable bonds is 6. The quantitative estimate of drug-likeness (QED) is 0.647. The molecule has 2 aromatic carbocycles. The summed E-state index contributed by atoms with van der Waals surface area (Å²) in [6.07, 6.45) is 0.434. The number of para-hydroxylation sites is 1. The first-order valence-corrected chi connectivity index (χ1v) is 8.91. The molecule has 0 aliphatic rings. The highest BCUT2D eigenvalue weighted by Gasteiger charge is 2.14. The topological polar surface area (TPSA) is 53.4 Å². The first-order valence-electron chi connectivity index (χ1n) is 8.53. The van der Waals surface area contributed by atoms with Gasteiger partial charge >= 0.3 is 0 Å². The van der Waals surface area contributed by atoms with E-state index in [0.29, 0.717) is 35.1 Å². The molecular weight excluding hydrogens is 364 g/mol. The van der Waals surface area contributed by atoms with E-state index in [1.54, 1.807) is 26.4 Å². The smallest absolute Gasteiger partial charge is 0.270 e. The van der Waals surface area contributed by atoms with Crippen LogP contribution in [0.1, 0.15) is 22.4 Å². The summed E-state index contributed by atoms with van der Waals surface area (Å²) < 4.78 is 12.3. The van der Waals surface area contributed by atoms with Gasteiger partial charge in [0.15, 0.2) is 11.5 Å². The summed E-state index contributed by atoms with van der Waals surface area (Å²) in [5.41, 5.74) is 3.16. The minimum Gasteiger partial charge on any atom is -0.493 e. The lowest BCUT2D eigenvalue weighted by atomic mass is 10.0. The van der Waals surface area contributed by atoms with Crippen LogP contribution in [0.4, 0.5) is 0 Å². The third kappa shape index (κ3) is 4.31. The molecule has 0 aliphatic heterocycles. The second-order valence-corrected chi connectivity index (χ2v) is 6.67. The Balaban J connectivity index is 1.97. The zero-order valence-corrected chi connectivity index (χ0v) is 16.3. The number of methoxy groups -OCH3 is 2. The van der Waals surface area contributed by atoms with Crippen molar-refractivity contribution < 1.29 is 9.47 Å².